The third-order valence-corrected chi connectivity index (χ3v) is 3.61. The largest absolute Gasteiger partial charge is 0.464 e. The molecule has 1 amide bonds. The van der Waals surface area contributed by atoms with E-state index in [1.165, 1.54) is 7.11 Å². The second-order valence-electron chi connectivity index (χ2n) is 5.88. The van der Waals surface area contributed by atoms with E-state index < -0.39 is 18.1 Å². The molecule has 0 aliphatic heterocycles. The maximum absolute atomic E-state index is 12.1. The van der Waals surface area contributed by atoms with Gasteiger partial charge in [0.25, 0.3) is 0 Å². The highest BCUT2D eigenvalue weighted by Crippen LogP contribution is 2.24. The third kappa shape index (κ3) is 4.82. The Bertz CT molecular complexity index is 724. The van der Waals surface area contributed by atoms with Gasteiger partial charge in [-0.2, -0.15) is 0 Å². The lowest BCUT2D eigenvalue weighted by molar-refractivity contribution is 0.0592. The van der Waals surface area contributed by atoms with Crippen LogP contribution < -0.4 is 5.32 Å². The van der Waals surface area contributed by atoms with E-state index in [9.17, 15) is 9.59 Å². The van der Waals surface area contributed by atoms with E-state index in [-0.39, 0.29) is 24.1 Å². The maximum atomic E-state index is 12.1. The number of nitrogens with one attached hydrogen (secondary N) is 1. The van der Waals surface area contributed by atoms with Crippen molar-refractivity contribution in [2.24, 2.45) is 5.92 Å². The van der Waals surface area contributed by atoms with Crippen molar-refractivity contribution >= 4 is 12.1 Å². The molecule has 0 spiro atoms. The Morgan fingerprint density at radius 2 is 1.92 bits per heavy atom. The summed E-state index contributed by atoms with van der Waals surface area (Å²) < 4.78 is 15.4. The number of hydrogen-bond acceptors (Lipinski definition) is 6. The van der Waals surface area contributed by atoms with Crippen LogP contribution in [0.1, 0.15) is 47.6 Å². The molecule has 0 saturated heterocycles. The second kappa shape index (κ2) is 8.32. The Balaban J connectivity index is 2.05. The molecule has 0 aliphatic carbocycles. The van der Waals surface area contributed by atoms with Crippen molar-refractivity contribution in [2.45, 2.75) is 33.4 Å². The molecule has 1 N–H and O–H groups in total. The number of alkyl carbamates (subject to hydrolysis) is 1. The van der Waals surface area contributed by atoms with Crippen LogP contribution in [0.5, 0.6) is 0 Å². The summed E-state index contributed by atoms with van der Waals surface area (Å²) in [6.07, 6.45) is -0.585. The maximum Gasteiger partial charge on any atom is 0.408 e. The zero-order valence-electron chi connectivity index (χ0n) is 14.7. The first-order chi connectivity index (χ1) is 11.9. The van der Waals surface area contributed by atoms with E-state index in [1.807, 2.05) is 44.2 Å². The SMILES string of the molecule is COC(=O)c1nc(C(NC(=O)OCc2ccccc2)C(C)C)oc1C. The number of rotatable bonds is 6. The number of carbonyl (C=O) groups excluding carboxylic acids is 2. The van der Waals surface area contributed by atoms with Crippen molar-refractivity contribution < 1.29 is 23.5 Å². The van der Waals surface area contributed by atoms with E-state index in [1.54, 1.807) is 6.92 Å². The Labute approximate surface area is 146 Å². The van der Waals surface area contributed by atoms with Crippen molar-refractivity contribution in [1.82, 2.24) is 10.3 Å². The molecule has 7 heteroatoms. The lowest BCUT2D eigenvalue weighted by Gasteiger charge is -2.19. The lowest BCUT2D eigenvalue weighted by Crippen LogP contribution is -2.32. The Morgan fingerprint density at radius 3 is 2.52 bits per heavy atom. The number of ether oxygens (including phenoxy) is 2. The molecule has 0 aliphatic rings. The molecule has 1 aromatic carbocycles. The minimum absolute atomic E-state index is 0.0205. The molecule has 2 aromatic rings. The van der Waals surface area contributed by atoms with Crippen molar-refractivity contribution in [1.29, 1.82) is 0 Å². The highest BCUT2D eigenvalue weighted by Gasteiger charge is 2.27. The smallest absolute Gasteiger partial charge is 0.408 e. The molecule has 1 unspecified atom stereocenters. The minimum atomic E-state index is -0.585. The van der Waals surface area contributed by atoms with Crippen LogP contribution in [0.15, 0.2) is 34.7 Å². The van der Waals surface area contributed by atoms with Crippen LogP contribution in [0.25, 0.3) is 0 Å². The van der Waals surface area contributed by atoms with Crippen LogP contribution in [0.4, 0.5) is 4.79 Å². The molecule has 0 saturated carbocycles. The molecule has 25 heavy (non-hydrogen) atoms. The standard InChI is InChI=1S/C18H22N2O5/c1-11(2)14(16-19-15(12(3)25-16)17(21)23-4)20-18(22)24-10-13-8-6-5-7-9-13/h5-9,11,14H,10H2,1-4H3,(H,20,22). The summed E-state index contributed by atoms with van der Waals surface area (Å²) in [7, 11) is 1.27. The number of oxazole rings is 1. The third-order valence-electron chi connectivity index (χ3n) is 3.61. The number of amides is 1. The molecular formula is C18H22N2O5. The number of nitrogens with zero attached hydrogens (tertiary/aromatic N) is 1. The van der Waals surface area contributed by atoms with Gasteiger partial charge in [-0.25, -0.2) is 14.6 Å². The fraction of sp³-hybridized carbons (Fsp3) is 0.389. The van der Waals surface area contributed by atoms with Gasteiger partial charge in [-0.1, -0.05) is 44.2 Å². The van der Waals surface area contributed by atoms with Gasteiger partial charge in [0.2, 0.25) is 5.89 Å². The minimum Gasteiger partial charge on any atom is -0.464 e. The van der Waals surface area contributed by atoms with Crippen LogP contribution in [0.2, 0.25) is 0 Å². The molecule has 0 radical (unpaired) electrons. The van der Waals surface area contributed by atoms with Crippen molar-refractivity contribution in [3.63, 3.8) is 0 Å². The molecule has 1 heterocycles. The summed E-state index contributed by atoms with van der Waals surface area (Å²) in [4.78, 5) is 27.9. The van der Waals surface area contributed by atoms with E-state index in [2.05, 4.69) is 15.0 Å². The van der Waals surface area contributed by atoms with Gasteiger partial charge in [0.05, 0.1) is 7.11 Å². The molecular weight excluding hydrogens is 324 g/mol. The summed E-state index contributed by atoms with van der Waals surface area (Å²) >= 11 is 0. The first-order valence-electron chi connectivity index (χ1n) is 7.95. The number of esters is 1. The molecule has 1 atom stereocenters. The second-order valence-corrected chi connectivity index (χ2v) is 5.88. The Morgan fingerprint density at radius 1 is 1.24 bits per heavy atom. The fourth-order valence-electron chi connectivity index (χ4n) is 2.24. The summed E-state index contributed by atoms with van der Waals surface area (Å²) in [5, 5.41) is 2.73. The van der Waals surface area contributed by atoms with Gasteiger partial charge >= 0.3 is 12.1 Å². The van der Waals surface area contributed by atoms with Gasteiger partial charge < -0.3 is 19.2 Å². The molecule has 7 nitrogen and oxygen atoms in total. The van der Waals surface area contributed by atoms with Gasteiger partial charge in [0.15, 0.2) is 5.69 Å². The number of hydrogen-bond donors (Lipinski definition) is 1. The first-order valence-corrected chi connectivity index (χ1v) is 7.95. The monoisotopic (exact) mass is 346 g/mol. The molecule has 1 aromatic heterocycles. The predicted molar refractivity (Wildman–Crippen MR) is 89.9 cm³/mol. The zero-order chi connectivity index (χ0) is 18.4. The molecule has 0 bridgehead atoms. The van der Waals surface area contributed by atoms with Gasteiger partial charge in [-0.15, -0.1) is 0 Å². The van der Waals surface area contributed by atoms with Crippen LogP contribution in [-0.2, 0) is 16.1 Å². The highest BCUT2D eigenvalue weighted by atomic mass is 16.5. The fourth-order valence-corrected chi connectivity index (χ4v) is 2.24. The Kier molecular flexibility index (Phi) is 6.16. The van der Waals surface area contributed by atoms with Gasteiger partial charge in [-0.05, 0) is 18.4 Å². The van der Waals surface area contributed by atoms with E-state index >= 15 is 0 Å². The van der Waals surface area contributed by atoms with E-state index in [0.29, 0.717) is 5.76 Å². The van der Waals surface area contributed by atoms with Crippen LogP contribution >= 0.6 is 0 Å². The van der Waals surface area contributed by atoms with Crippen molar-refractivity contribution in [3.8, 4) is 0 Å². The van der Waals surface area contributed by atoms with Crippen molar-refractivity contribution in [3.05, 3.63) is 53.2 Å². The molecule has 134 valence electrons. The highest BCUT2D eigenvalue weighted by molar-refractivity contribution is 5.88. The molecule has 0 fully saturated rings. The van der Waals surface area contributed by atoms with Crippen LogP contribution in [0, 0.1) is 12.8 Å². The van der Waals surface area contributed by atoms with Crippen LogP contribution in [-0.4, -0.2) is 24.2 Å². The number of benzene rings is 1. The number of carbonyl (C=O) groups is 2. The van der Waals surface area contributed by atoms with Gasteiger partial charge in [-0.3, -0.25) is 0 Å². The quantitative estimate of drug-likeness (QED) is 0.806. The van der Waals surface area contributed by atoms with E-state index in [0.717, 1.165) is 5.56 Å². The zero-order valence-corrected chi connectivity index (χ0v) is 14.7. The predicted octanol–water partition coefficient (Wildman–Crippen LogP) is 3.39. The number of aryl methyl sites for hydroxylation is 1. The summed E-state index contributed by atoms with van der Waals surface area (Å²) in [6, 6.07) is 8.85. The Hall–Kier alpha value is -2.83. The summed E-state index contributed by atoms with van der Waals surface area (Å²) in [6.45, 7) is 5.59. The average molecular weight is 346 g/mol. The summed E-state index contributed by atoms with van der Waals surface area (Å²) in [5.41, 5.74) is 0.987. The first kappa shape index (κ1) is 18.5. The average Bonchev–Trinajstić information content (AvgIpc) is 2.99. The molecule has 2 rings (SSSR count). The van der Waals surface area contributed by atoms with E-state index in [4.69, 9.17) is 9.15 Å². The topological polar surface area (TPSA) is 90.7 Å². The van der Waals surface area contributed by atoms with Crippen LogP contribution in [0.3, 0.4) is 0 Å². The normalized spacial score (nSPS) is 11.9. The lowest BCUT2D eigenvalue weighted by atomic mass is 10.1. The summed E-state index contributed by atoms with van der Waals surface area (Å²) in [5.74, 6) is -0.0222. The van der Waals surface area contributed by atoms with Crippen molar-refractivity contribution in [2.75, 3.05) is 7.11 Å². The number of methoxy groups -OCH3 is 1. The van der Waals surface area contributed by atoms with Gasteiger partial charge in [0.1, 0.15) is 18.4 Å². The number of aromatic nitrogens is 1. The van der Waals surface area contributed by atoms with Gasteiger partial charge in [0, 0.05) is 0 Å².